The van der Waals surface area contributed by atoms with E-state index in [4.69, 9.17) is 28.4 Å². The first-order chi connectivity index (χ1) is 14.9. The van der Waals surface area contributed by atoms with Gasteiger partial charge in [-0.25, -0.2) is 0 Å². The Kier molecular flexibility index (Phi) is 12.7. The molecule has 0 aromatic heterocycles. The molecule has 0 aliphatic carbocycles. The fourth-order valence-electron chi connectivity index (χ4n) is 2.94. The monoisotopic (exact) mass is 458 g/mol. The van der Waals surface area contributed by atoms with Crippen molar-refractivity contribution in [2.75, 3.05) is 27.4 Å². The van der Waals surface area contributed by atoms with Gasteiger partial charge in [-0.3, -0.25) is 4.79 Å². The summed E-state index contributed by atoms with van der Waals surface area (Å²) in [7, 11) is 2.83. The Morgan fingerprint density at radius 2 is 1.44 bits per heavy atom. The van der Waals surface area contributed by atoms with Gasteiger partial charge in [0.1, 0.15) is 28.6 Å². The molecule has 2 rings (SSSR count). The molecule has 0 aliphatic rings. The fraction of sp³-hybridized carbons (Fsp3) is 0.435. The Hall–Kier alpha value is -1.74. The number of hydrogen-bond acceptors (Lipinski definition) is 7. The number of carbonyl (C=O) groups excluding carboxylic acids is 1. The third kappa shape index (κ3) is 7.99. The van der Waals surface area contributed by atoms with Crippen molar-refractivity contribution in [2.45, 2.75) is 40.3 Å². The van der Waals surface area contributed by atoms with E-state index in [1.165, 1.54) is 14.2 Å². The normalized spacial score (nSPS) is 12.7. The van der Waals surface area contributed by atoms with Crippen LogP contribution >= 0.6 is 8.58 Å². The summed E-state index contributed by atoms with van der Waals surface area (Å²) >= 11 is 0. The molecule has 0 bridgehead atoms. The Balaban J connectivity index is 0.00000512. The summed E-state index contributed by atoms with van der Waals surface area (Å²) in [5.41, 5.74) is 0.277. The second-order valence-corrected chi connectivity index (χ2v) is 7.67. The minimum absolute atomic E-state index is 0. The molecule has 3 atom stereocenters. The number of carbonyl (C=O) groups is 1. The topological polar surface area (TPSA) is 72.5 Å². The minimum atomic E-state index is -0.482. The van der Waals surface area contributed by atoms with Crippen LogP contribution in [0.2, 0.25) is 0 Å². The van der Waals surface area contributed by atoms with Gasteiger partial charge in [0.05, 0.1) is 14.2 Å². The van der Waals surface area contributed by atoms with Crippen molar-refractivity contribution in [1.82, 2.24) is 0 Å². The van der Waals surface area contributed by atoms with Crippen LogP contribution in [0.5, 0.6) is 23.0 Å². The van der Waals surface area contributed by atoms with Gasteiger partial charge in [0.2, 0.25) is 0 Å². The summed E-state index contributed by atoms with van der Waals surface area (Å²) in [5, 5.41) is 0.723. The van der Waals surface area contributed by atoms with E-state index in [9.17, 15) is 4.79 Å². The molecule has 0 saturated carbocycles. The van der Waals surface area contributed by atoms with Gasteiger partial charge < -0.3 is 28.4 Å². The van der Waals surface area contributed by atoms with Crippen LogP contribution in [-0.4, -0.2) is 64.4 Å². The summed E-state index contributed by atoms with van der Waals surface area (Å²) in [5.74, 6) is 2.03. The number of benzene rings is 2. The number of methoxy groups -OCH3 is 2. The molecule has 0 spiro atoms. The van der Waals surface area contributed by atoms with Crippen LogP contribution in [0.15, 0.2) is 36.4 Å². The van der Waals surface area contributed by atoms with E-state index in [0.717, 1.165) is 5.30 Å². The van der Waals surface area contributed by atoms with Crippen molar-refractivity contribution in [1.29, 1.82) is 0 Å². The zero-order chi connectivity index (χ0) is 22.8. The predicted molar refractivity (Wildman–Crippen MR) is 129 cm³/mol. The van der Waals surface area contributed by atoms with Crippen molar-refractivity contribution >= 4 is 38.3 Å². The van der Waals surface area contributed by atoms with E-state index in [2.05, 4.69) is 0 Å². The van der Waals surface area contributed by atoms with Crippen molar-refractivity contribution in [3.8, 4) is 23.0 Å². The summed E-state index contributed by atoms with van der Waals surface area (Å²) in [6, 6.07) is 10.6. The van der Waals surface area contributed by atoms with Gasteiger partial charge in [-0.15, -0.1) is 0 Å². The van der Waals surface area contributed by atoms with Gasteiger partial charge in [0.25, 0.3) is 0 Å². The number of rotatable bonds is 13. The Bertz CT molecular complexity index is 840. The van der Waals surface area contributed by atoms with E-state index < -0.39 is 12.6 Å². The van der Waals surface area contributed by atoms with Gasteiger partial charge in [0.15, 0.2) is 18.1 Å². The summed E-state index contributed by atoms with van der Waals surface area (Å²) in [6.45, 7) is 8.47. The zero-order valence-corrected chi connectivity index (χ0v) is 19.9. The maximum absolute atomic E-state index is 13.2. The molecule has 0 saturated heterocycles. The van der Waals surface area contributed by atoms with Crippen molar-refractivity contribution in [3.05, 3.63) is 42.0 Å². The Labute approximate surface area is 204 Å². The van der Waals surface area contributed by atoms with Crippen molar-refractivity contribution in [3.63, 3.8) is 0 Å². The van der Waals surface area contributed by atoms with E-state index in [1.807, 2.05) is 26.8 Å². The predicted octanol–water partition coefficient (Wildman–Crippen LogP) is 3.72. The first-order valence-corrected chi connectivity index (χ1v) is 11.2. The van der Waals surface area contributed by atoms with Crippen LogP contribution in [0.3, 0.4) is 0 Å². The average Bonchev–Trinajstić information content (AvgIpc) is 2.75. The molecule has 0 radical (unpaired) electrons. The van der Waals surface area contributed by atoms with E-state index in [0.29, 0.717) is 41.8 Å². The molecule has 3 unspecified atom stereocenters. The molecule has 0 amide bonds. The second-order valence-electron chi connectivity index (χ2n) is 6.43. The van der Waals surface area contributed by atoms with Gasteiger partial charge in [-0.05, 0) is 60.5 Å². The third-order valence-corrected chi connectivity index (χ3v) is 5.41. The van der Waals surface area contributed by atoms with Crippen LogP contribution < -0.4 is 24.3 Å². The summed E-state index contributed by atoms with van der Waals surface area (Å²) in [6.07, 6.45) is -0.890. The van der Waals surface area contributed by atoms with Gasteiger partial charge in [-0.1, -0.05) is 6.07 Å². The van der Waals surface area contributed by atoms with Crippen LogP contribution in [0.1, 0.15) is 38.1 Å². The molecule has 0 fully saturated rings. The van der Waals surface area contributed by atoms with Crippen molar-refractivity contribution < 1.29 is 33.2 Å². The molecular weight excluding hydrogens is 426 g/mol. The molecule has 172 valence electrons. The van der Waals surface area contributed by atoms with E-state index in [-0.39, 0.29) is 33.0 Å². The van der Waals surface area contributed by atoms with Crippen LogP contribution in [0.25, 0.3) is 0 Å². The van der Waals surface area contributed by atoms with E-state index in [1.54, 1.807) is 37.3 Å². The summed E-state index contributed by atoms with van der Waals surface area (Å²) in [4.78, 5) is 13.2. The molecule has 2 aromatic carbocycles. The number of ether oxygens (including phenoxy) is 6. The zero-order valence-electron chi connectivity index (χ0n) is 18.9. The van der Waals surface area contributed by atoms with Crippen LogP contribution in [0, 0.1) is 0 Å². The number of hydrogen-bond donors (Lipinski definition) is 0. The second kappa shape index (κ2) is 14.4. The third-order valence-electron chi connectivity index (χ3n) is 4.25. The van der Waals surface area contributed by atoms with Gasteiger partial charge in [-0.2, -0.15) is 0 Å². The van der Waals surface area contributed by atoms with Gasteiger partial charge >= 0.3 is 18.9 Å². The maximum atomic E-state index is 13.2. The fourth-order valence-corrected chi connectivity index (χ4v) is 3.98. The Morgan fingerprint density at radius 3 is 1.97 bits per heavy atom. The standard InChI is InChI=1S/C23H31O7P.Li.H/c1-7-27-15(3)29-17-12-13-21(20(14-17)30-16(4)28-8-2)31-23(24)22-18(25-5)10-9-11-19(22)26-6;;/h9-16,31H,7-8H2,1-6H3;;. The Morgan fingerprint density at radius 1 is 0.875 bits per heavy atom. The molecule has 9 heteroatoms. The quantitative estimate of drug-likeness (QED) is 0.257. The molecule has 0 aliphatic heterocycles. The SMILES string of the molecule is CCOC(C)Oc1ccc(PC(=O)c2c(OC)cccc2OC)c(OC(C)OCC)c1.[LiH]. The molecular formula is C23H32LiO7P. The van der Waals surface area contributed by atoms with Gasteiger partial charge in [0, 0.05) is 24.6 Å². The summed E-state index contributed by atoms with van der Waals surface area (Å²) < 4.78 is 33.5. The molecule has 7 nitrogen and oxygen atoms in total. The average molecular weight is 458 g/mol. The molecule has 0 N–H and O–H groups in total. The molecule has 0 heterocycles. The van der Waals surface area contributed by atoms with E-state index >= 15 is 0 Å². The molecule has 2 aromatic rings. The first-order valence-electron chi connectivity index (χ1n) is 10.2. The van der Waals surface area contributed by atoms with Crippen LogP contribution in [0.4, 0.5) is 0 Å². The van der Waals surface area contributed by atoms with Crippen molar-refractivity contribution in [2.24, 2.45) is 0 Å². The first kappa shape index (κ1) is 28.3. The van der Waals surface area contributed by atoms with Crippen LogP contribution in [-0.2, 0) is 9.47 Å². The molecule has 32 heavy (non-hydrogen) atoms.